The Labute approximate surface area is 103 Å². The van der Waals surface area contributed by atoms with Crippen molar-refractivity contribution in [3.05, 3.63) is 18.0 Å². The first-order chi connectivity index (χ1) is 8.17. The van der Waals surface area contributed by atoms with Crippen molar-refractivity contribution >= 4 is 0 Å². The maximum atomic E-state index is 6.15. The average Bonchev–Trinajstić information content (AvgIpc) is 2.61. The third-order valence-corrected chi connectivity index (χ3v) is 3.47. The van der Waals surface area contributed by atoms with Crippen LogP contribution in [0.3, 0.4) is 0 Å². The highest BCUT2D eigenvalue weighted by Crippen LogP contribution is 2.33. The molecule has 1 aromatic heterocycles. The van der Waals surface area contributed by atoms with Gasteiger partial charge in [-0.05, 0) is 38.2 Å². The number of aryl methyl sites for hydroxylation is 1. The minimum Gasteiger partial charge on any atom is -0.378 e. The summed E-state index contributed by atoms with van der Waals surface area (Å²) in [4.78, 5) is 0. The molecule has 1 unspecified atom stereocenters. The molecule has 1 atom stereocenters. The smallest absolute Gasteiger partial charge is 0.0639 e. The predicted octanol–water partition coefficient (Wildman–Crippen LogP) is 1.50. The van der Waals surface area contributed by atoms with Crippen molar-refractivity contribution in [1.82, 2.24) is 9.78 Å². The van der Waals surface area contributed by atoms with Gasteiger partial charge in [-0.15, -0.1) is 0 Å². The highest BCUT2D eigenvalue weighted by molar-refractivity contribution is 5.01. The van der Waals surface area contributed by atoms with Crippen LogP contribution in [0.25, 0.3) is 0 Å². The molecule has 4 nitrogen and oxygen atoms in total. The molecule has 1 aliphatic carbocycles. The van der Waals surface area contributed by atoms with Gasteiger partial charge in [-0.3, -0.25) is 4.68 Å². The zero-order chi connectivity index (χ0) is 12.3. The predicted molar refractivity (Wildman–Crippen MR) is 67.6 cm³/mol. The first kappa shape index (κ1) is 12.6. The molecule has 0 spiro atoms. The fourth-order valence-electron chi connectivity index (χ4n) is 2.59. The second-order valence-corrected chi connectivity index (χ2v) is 5.10. The average molecular weight is 237 g/mol. The lowest BCUT2D eigenvalue weighted by atomic mass is 9.78. The van der Waals surface area contributed by atoms with E-state index in [1.54, 1.807) is 0 Å². The van der Waals surface area contributed by atoms with Crippen LogP contribution in [0, 0.1) is 5.92 Å². The first-order valence-corrected chi connectivity index (χ1v) is 6.53. The van der Waals surface area contributed by atoms with E-state index in [1.807, 2.05) is 24.0 Å². The molecular weight excluding hydrogens is 214 g/mol. The third-order valence-electron chi connectivity index (χ3n) is 3.47. The van der Waals surface area contributed by atoms with Crippen molar-refractivity contribution in [2.24, 2.45) is 18.7 Å². The van der Waals surface area contributed by atoms with Gasteiger partial charge in [0.2, 0.25) is 0 Å². The van der Waals surface area contributed by atoms with Crippen LogP contribution in [0.5, 0.6) is 0 Å². The Kier molecular flexibility index (Phi) is 4.18. The maximum Gasteiger partial charge on any atom is 0.0639 e. The summed E-state index contributed by atoms with van der Waals surface area (Å²) < 4.78 is 7.38. The summed E-state index contributed by atoms with van der Waals surface area (Å²) in [7, 11) is 1.94. The van der Waals surface area contributed by atoms with Crippen molar-refractivity contribution in [3.63, 3.8) is 0 Å². The second kappa shape index (κ2) is 5.65. The Morgan fingerprint density at radius 2 is 2.35 bits per heavy atom. The lowest BCUT2D eigenvalue weighted by Gasteiger charge is -2.36. The highest BCUT2D eigenvalue weighted by atomic mass is 16.5. The summed E-state index contributed by atoms with van der Waals surface area (Å²) in [5.74, 6) is 0.755. The number of hydrogen-bond donors (Lipinski definition) is 1. The quantitative estimate of drug-likeness (QED) is 0.815. The molecule has 1 fully saturated rings. The number of hydrogen-bond acceptors (Lipinski definition) is 3. The molecule has 17 heavy (non-hydrogen) atoms. The van der Waals surface area contributed by atoms with Crippen LogP contribution in [0.2, 0.25) is 0 Å². The Morgan fingerprint density at radius 3 is 2.94 bits per heavy atom. The standard InChI is InChI=1S/C13H23N3O/c1-3-17-13-7-10(8-13)6-11(14)9-12-4-5-16(2)15-12/h4-5,10-11,13H,3,6-9,14H2,1-2H3. The van der Waals surface area contributed by atoms with E-state index in [9.17, 15) is 0 Å². The first-order valence-electron chi connectivity index (χ1n) is 6.53. The zero-order valence-electron chi connectivity index (χ0n) is 10.8. The highest BCUT2D eigenvalue weighted by Gasteiger charge is 2.30. The monoisotopic (exact) mass is 237 g/mol. The van der Waals surface area contributed by atoms with E-state index in [2.05, 4.69) is 12.0 Å². The van der Waals surface area contributed by atoms with E-state index in [0.29, 0.717) is 6.10 Å². The Hall–Kier alpha value is -0.870. The van der Waals surface area contributed by atoms with Crippen LogP contribution in [0.4, 0.5) is 0 Å². The molecule has 0 aromatic carbocycles. The van der Waals surface area contributed by atoms with Gasteiger partial charge in [0, 0.05) is 32.3 Å². The zero-order valence-corrected chi connectivity index (χ0v) is 10.8. The molecule has 0 amide bonds. The lowest BCUT2D eigenvalue weighted by molar-refractivity contribution is -0.0281. The molecule has 1 aliphatic rings. The van der Waals surface area contributed by atoms with E-state index in [4.69, 9.17) is 10.5 Å². The molecule has 4 heteroatoms. The third kappa shape index (κ3) is 3.54. The SMILES string of the molecule is CCOC1CC(CC(N)Cc2ccn(C)n2)C1. The molecular formula is C13H23N3O. The number of nitrogens with zero attached hydrogens (tertiary/aromatic N) is 2. The van der Waals surface area contributed by atoms with Gasteiger partial charge < -0.3 is 10.5 Å². The van der Waals surface area contributed by atoms with Crippen LogP contribution < -0.4 is 5.73 Å². The molecule has 0 bridgehead atoms. The van der Waals surface area contributed by atoms with Crippen molar-refractivity contribution in [2.75, 3.05) is 6.61 Å². The van der Waals surface area contributed by atoms with E-state index in [1.165, 1.54) is 12.8 Å². The van der Waals surface area contributed by atoms with Crippen molar-refractivity contribution in [1.29, 1.82) is 0 Å². The van der Waals surface area contributed by atoms with Gasteiger partial charge in [0.25, 0.3) is 0 Å². The Balaban J connectivity index is 1.67. The van der Waals surface area contributed by atoms with Crippen molar-refractivity contribution < 1.29 is 4.74 Å². The van der Waals surface area contributed by atoms with E-state index in [-0.39, 0.29) is 6.04 Å². The summed E-state index contributed by atoms with van der Waals surface area (Å²) in [6.07, 6.45) is 6.81. The summed E-state index contributed by atoms with van der Waals surface area (Å²) in [6.45, 7) is 2.89. The minimum absolute atomic E-state index is 0.234. The summed E-state index contributed by atoms with van der Waals surface area (Å²) in [6, 6.07) is 2.28. The Morgan fingerprint density at radius 1 is 1.59 bits per heavy atom. The summed E-state index contributed by atoms with van der Waals surface area (Å²) >= 11 is 0. The summed E-state index contributed by atoms with van der Waals surface area (Å²) in [5, 5.41) is 4.36. The van der Waals surface area contributed by atoms with E-state index in [0.717, 1.165) is 31.1 Å². The topological polar surface area (TPSA) is 53.1 Å². The van der Waals surface area contributed by atoms with Crippen LogP contribution in [-0.4, -0.2) is 28.5 Å². The Bertz CT molecular complexity index is 344. The van der Waals surface area contributed by atoms with E-state index < -0.39 is 0 Å². The second-order valence-electron chi connectivity index (χ2n) is 5.10. The fraction of sp³-hybridized carbons (Fsp3) is 0.769. The van der Waals surface area contributed by atoms with Crippen LogP contribution in [0.15, 0.2) is 12.3 Å². The molecule has 0 aliphatic heterocycles. The summed E-state index contributed by atoms with van der Waals surface area (Å²) in [5.41, 5.74) is 7.25. The largest absolute Gasteiger partial charge is 0.378 e. The molecule has 1 saturated carbocycles. The van der Waals surface area contributed by atoms with Crippen molar-refractivity contribution in [3.8, 4) is 0 Å². The van der Waals surface area contributed by atoms with Crippen LogP contribution in [-0.2, 0) is 18.2 Å². The van der Waals surface area contributed by atoms with Crippen LogP contribution in [0.1, 0.15) is 31.9 Å². The van der Waals surface area contributed by atoms with Crippen LogP contribution >= 0.6 is 0 Å². The lowest BCUT2D eigenvalue weighted by Crippen LogP contribution is -2.36. The number of ether oxygens (including phenoxy) is 1. The van der Waals surface area contributed by atoms with Gasteiger partial charge in [-0.25, -0.2) is 0 Å². The van der Waals surface area contributed by atoms with Gasteiger partial charge in [-0.1, -0.05) is 0 Å². The molecule has 2 rings (SSSR count). The van der Waals surface area contributed by atoms with Gasteiger partial charge >= 0.3 is 0 Å². The van der Waals surface area contributed by atoms with Gasteiger partial charge in [-0.2, -0.15) is 5.10 Å². The molecule has 1 aromatic rings. The van der Waals surface area contributed by atoms with E-state index >= 15 is 0 Å². The van der Waals surface area contributed by atoms with Gasteiger partial charge in [0.1, 0.15) is 0 Å². The van der Waals surface area contributed by atoms with Crippen molar-refractivity contribution in [2.45, 2.75) is 44.8 Å². The molecule has 0 radical (unpaired) electrons. The molecule has 2 N–H and O–H groups in total. The molecule has 1 heterocycles. The normalized spacial score (nSPS) is 25.6. The number of rotatable bonds is 6. The number of aromatic nitrogens is 2. The number of nitrogens with two attached hydrogens (primary N) is 1. The van der Waals surface area contributed by atoms with Gasteiger partial charge in [0.05, 0.1) is 11.8 Å². The maximum absolute atomic E-state index is 6.15. The molecule has 96 valence electrons. The minimum atomic E-state index is 0.234. The fourth-order valence-corrected chi connectivity index (χ4v) is 2.59. The molecule has 0 saturated heterocycles. The van der Waals surface area contributed by atoms with Gasteiger partial charge in [0.15, 0.2) is 0 Å².